The minimum atomic E-state index is -0.771. The molecule has 2 rings (SSSR count). The molecule has 1 heterocycles. The minimum absolute atomic E-state index is 0.0951. The van der Waals surface area contributed by atoms with Gasteiger partial charge in [-0.1, -0.05) is 43.7 Å². The second kappa shape index (κ2) is 5.36. The fourth-order valence-corrected chi connectivity index (χ4v) is 2.39. The molecule has 1 N–H and O–H groups in total. The summed E-state index contributed by atoms with van der Waals surface area (Å²) in [7, 11) is 0. The van der Waals surface area contributed by atoms with E-state index in [1.165, 1.54) is 0 Å². The average molecular weight is 245 g/mol. The smallest absolute Gasteiger partial charge is 0.249 e. The number of aliphatic hydroxyl groups is 1. The zero-order chi connectivity index (χ0) is 13.1. The van der Waals surface area contributed by atoms with Crippen LogP contribution in [0.4, 0.5) is 0 Å². The molecule has 0 unspecified atom stereocenters. The van der Waals surface area contributed by atoms with Crippen molar-refractivity contribution in [1.82, 2.24) is 4.90 Å². The van der Waals surface area contributed by atoms with Crippen LogP contribution in [0.1, 0.15) is 38.3 Å². The van der Waals surface area contributed by atoms with Crippen LogP contribution in [0.25, 0.3) is 0 Å². The van der Waals surface area contributed by atoms with Crippen molar-refractivity contribution >= 4 is 5.91 Å². The molecule has 96 valence electrons. The Hall–Kier alpha value is -1.61. The van der Waals surface area contributed by atoms with Crippen LogP contribution in [0.2, 0.25) is 0 Å². The third-order valence-electron chi connectivity index (χ3n) is 3.40. The highest BCUT2D eigenvalue weighted by atomic mass is 16.3. The van der Waals surface area contributed by atoms with E-state index in [9.17, 15) is 9.90 Å². The van der Waals surface area contributed by atoms with Gasteiger partial charge in [-0.3, -0.25) is 4.79 Å². The summed E-state index contributed by atoms with van der Waals surface area (Å²) in [5.74, 6) is -0.0951. The fourth-order valence-electron chi connectivity index (χ4n) is 2.39. The third kappa shape index (κ3) is 2.31. The van der Waals surface area contributed by atoms with E-state index in [2.05, 4.69) is 0 Å². The molecule has 3 nitrogen and oxygen atoms in total. The fraction of sp³-hybridized carbons (Fsp3) is 0.400. The summed E-state index contributed by atoms with van der Waals surface area (Å²) in [4.78, 5) is 13.5. The second-order valence-electron chi connectivity index (χ2n) is 4.68. The number of carbonyl (C=O) groups excluding carboxylic acids is 1. The maximum absolute atomic E-state index is 12.0. The Labute approximate surface area is 108 Å². The van der Waals surface area contributed by atoms with Gasteiger partial charge in [0.25, 0.3) is 0 Å². The molecule has 18 heavy (non-hydrogen) atoms. The molecular weight excluding hydrogens is 226 g/mol. The molecule has 0 fully saturated rings. The number of hydrogen-bond donors (Lipinski definition) is 1. The van der Waals surface area contributed by atoms with Gasteiger partial charge in [0.15, 0.2) is 6.23 Å². The second-order valence-corrected chi connectivity index (χ2v) is 4.68. The van der Waals surface area contributed by atoms with E-state index in [1.54, 1.807) is 11.0 Å². The summed E-state index contributed by atoms with van der Waals surface area (Å²) in [6.45, 7) is 3.99. The van der Waals surface area contributed by atoms with Gasteiger partial charge in [0.05, 0.1) is 6.04 Å². The molecule has 1 aromatic rings. The van der Waals surface area contributed by atoms with Crippen molar-refractivity contribution < 1.29 is 9.90 Å². The van der Waals surface area contributed by atoms with E-state index in [1.807, 2.05) is 44.2 Å². The van der Waals surface area contributed by atoms with Gasteiger partial charge in [0.2, 0.25) is 5.91 Å². The number of benzene rings is 1. The molecule has 0 saturated heterocycles. The lowest BCUT2D eigenvalue weighted by Crippen LogP contribution is -2.37. The lowest BCUT2D eigenvalue weighted by atomic mass is 10.1. The number of aliphatic hydroxyl groups excluding tert-OH is 1. The number of carbonyl (C=O) groups is 1. The van der Waals surface area contributed by atoms with Crippen molar-refractivity contribution in [2.45, 2.75) is 39.0 Å². The predicted molar refractivity (Wildman–Crippen MR) is 70.7 cm³/mol. The molecule has 0 spiro atoms. The standard InChI is InChI=1S/C15H19NO2/c1-3-7-13-10-14(17)16(15(13)18)11(2)12-8-5-4-6-9-12/h4-6,8-11,15,18H,3,7H2,1-2H3/t11-,15-/m1/s1. The molecule has 1 aliphatic rings. The molecule has 0 aromatic heterocycles. The van der Waals surface area contributed by atoms with Gasteiger partial charge in [0, 0.05) is 6.08 Å². The monoisotopic (exact) mass is 245 g/mol. The molecule has 0 aliphatic carbocycles. The maximum atomic E-state index is 12.0. The number of amides is 1. The van der Waals surface area contributed by atoms with E-state index in [0.717, 1.165) is 24.0 Å². The highest BCUT2D eigenvalue weighted by molar-refractivity contribution is 5.92. The van der Waals surface area contributed by atoms with Crippen molar-refractivity contribution in [3.05, 3.63) is 47.5 Å². The van der Waals surface area contributed by atoms with Crippen LogP contribution in [0.3, 0.4) is 0 Å². The summed E-state index contributed by atoms with van der Waals surface area (Å²) in [6.07, 6.45) is 2.51. The van der Waals surface area contributed by atoms with Crippen molar-refractivity contribution in [3.8, 4) is 0 Å². The first kappa shape index (κ1) is 12.8. The molecule has 1 aromatic carbocycles. The number of nitrogens with zero attached hydrogens (tertiary/aromatic N) is 1. The molecule has 3 heteroatoms. The van der Waals surface area contributed by atoms with Crippen LogP contribution < -0.4 is 0 Å². The Balaban J connectivity index is 2.18. The lowest BCUT2D eigenvalue weighted by molar-refractivity contribution is -0.134. The van der Waals surface area contributed by atoms with Crippen LogP contribution in [-0.4, -0.2) is 22.1 Å². The Morgan fingerprint density at radius 3 is 2.61 bits per heavy atom. The zero-order valence-corrected chi connectivity index (χ0v) is 10.8. The SMILES string of the molecule is CCCC1=CC(=O)N([C@H](C)c2ccccc2)[C@@H]1O. The summed E-state index contributed by atoms with van der Waals surface area (Å²) in [6, 6.07) is 9.67. The number of rotatable bonds is 4. The van der Waals surface area contributed by atoms with Gasteiger partial charge in [-0.25, -0.2) is 0 Å². The van der Waals surface area contributed by atoms with Crippen molar-refractivity contribution in [3.63, 3.8) is 0 Å². The van der Waals surface area contributed by atoms with Crippen molar-refractivity contribution in [2.75, 3.05) is 0 Å². The molecular formula is C15H19NO2. The van der Waals surface area contributed by atoms with Crippen LogP contribution >= 0.6 is 0 Å². The van der Waals surface area contributed by atoms with Gasteiger partial charge in [-0.2, -0.15) is 0 Å². The summed E-state index contributed by atoms with van der Waals surface area (Å²) >= 11 is 0. The molecule has 1 amide bonds. The van der Waals surface area contributed by atoms with E-state index >= 15 is 0 Å². The summed E-state index contributed by atoms with van der Waals surface area (Å²) < 4.78 is 0. The molecule has 2 atom stereocenters. The molecule has 0 bridgehead atoms. The van der Waals surface area contributed by atoms with E-state index in [0.29, 0.717) is 0 Å². The van der Waals surface area contributed by atoms with Crippen LogP contribution in [-0.2, 0) is 4.79 Å². The normalized spacial score (nSPS) is 21.1. The third-order valence-corrected chi connectivity index (χ3v) is 3.40. The maximum Gasteiger partial charge on any atom is 0.249 e. The van der Waals surface area contributed by atoms with Gasteiger partial charge >= 0.3 is 0 Å². The topological polar surface area (TPSA) is 40.5 Å². The lowest BCUT2D eigenvalue weighted by Gasteiger charge is -2.29. The van der Waals surface area contributed by atoms with Crippen molar-refractivity contribution in [1.29, 1.82) is 0 Å². The largest absolute Gasteiger partial charge is 0.369 e. The van der Waals surface area contributed by atoms with Crippen molar-refractivity contribution in [2.24, 2.45) is 0 Å². The van der Waals surface area contributed by atoms with Crippen LogP contribution in [0.15, 0.2) is 42.0 Å². The predicted octanol–water partition coefficient (Wildman–Crippen LogP) is 2.63. The first-order chi connectivity index (χ1) is 8.65. The first-order valence-electron chi connectivity index (χ1n) is 6.41. The average Bonchev–Trinajstić information content (AvgIpc) is 2.65. The van der Waals surface area contributed by atoms with Gasteiger partial charge in [0.1, 0.15) is 0 Å². The Morgan fingerprint density at radius 2 is 2.00 bits per heavy atom. The Bertz CT molecular complexity index is 453. The summed E-state index contributed by atoms with van der Waals surface area (Å²) in [5, 5.41) is 10.2. The van der Waals surface area contributed by atoms with Gasteiger partial charge in [-0.15, -0.1) is 0 Å². The first-order valence-corrected chi connectivity index (χ1v) is 6.41. The zero-order valence-electron chi connectivity index (χ0n) is 10.8. The van der Waals surface area contributed by atoms with Gasteiger partial charge in [-0.05, 0) is 24.5 Å². The quantitative estimate of drug-likeness (QED) is 0.886. The van der Waals surface area contributed by atoms with Crippen LogP contribution in [0, 0.1) is 0 Å². The highest BCUT2D eigenvalue weighted by Gasteiger charge is 2.34. The Kier molecular flexibility index (Phi) is 3.82. The molecule has 1 aliphatic heterocycles. The van der Waals surface area contributed by atoms with Crippen LogP contribution in [0.5, 0.6) is 0 Å². The minimum Gasteiger partial charge on any atom is -0.369 e. The van der Waals surface area contributed by atoms with E-state index in [-0.39, 0.29) is 11.9 Å². The molecule has 0 saturated carbocycles. The van der Waals surface area contributed by atoms with E-state index in [4.69, 9.17) is 0 Å². The van der Waals surface area contributed by atoms with E-state index < -0.39 is 6.23 Å². The summed E-state index contributed by atoms with van der Waals surface area (Å²) in [5.41, 5.74) is 1.86. The molecule has 0 radical (unpaired) electrons. The highest BCUT2D eigenvalue weighted by Crippen LogP contribution is 2.30. The van der Waals surface area contributed by atoms with Gasteiger partial charge < -0.3 is 10.0 Å². The Morgan fingerprint density at radius 1 is 1.33 bits per heavy atom. The number of hydrogen-bond acceptors (Lipinski definition) is 2.